The molecular formula is C14H17F3N4. The Morgan fingerprint density at radius 3 is 2.62 bits per heavy atom. The van der Waals surface area contributed by atoms with Gasteiger partial charge in [0.05, 0.1) is 23.0 Å². The van der Waals surface area contributed by atoms with Crippen LogP contribution in [0.25, 0.3) is 0 Å². The normalized spacial score (nSPS) is 13.4. The van der Waals surface area contributed by atoms with Gasteiger partial charge in [-0.2, -0.15) is 18.3 Å². The Bertz CT molecular complexity index is 619. The van der Waals surface area contributed by atoms with Crippen LogP contribution in [0.5, 0.6) is 0 Å². The van der Waals surface area contributed by atoms with Crippen molar-refractivity contribution in [2.24, 2.45) is 7.05 Å². The number of nitrogens with one attached hydrogen (secondary N) is 1. The first-order valence-electron chi connectivity index (χ1n) is 6.59. The third-order valence-electron chi connectivity index (χ3n) is 3.21. The van der Waals surface area contributed by atoms with Crippen molar-refractivity contribution >= 4 is 0 Å². The molecule has 0 aliphatic carbocycles. The van der Waals surface area contributed by atoms with Crippen LogP contribution in [0, 0.1) is 6.92 Å². The molecule has 0 spiro atoms. The molecule has 0 saturated heterocycles. The minimum Gasteiger partial charge on any atom is -0.305 e. The Morgan fingerprint density at radius 1 is 1.38 bits per heavy atom. The van der Waals surface area contributed by atoms with Crippen molar-refractivity contribution in [3.63, 3.8) is 0 Å². The molecule has 21 heavy (non-hydrogen) atoms. The van der Waals surface area contributed by atoms with Gasteiger partial charge >= 0.3 is 6.18 Å². The number of nitrogens with zero attached hydrogens (tertiary/aromatic N) is 3. The van der Waals surface area contributed by atoms with Gasteiger partial charge in [0.25, 0.3) is 0 Å². The lowest BCUT2D eigenvalue weighted by atomic mass is 9.99. The van der Waals surface area contributed by atoms with Crippen molar-refractivity contribution in [2.75, 3.05) is 6.54 Å². The molecule has 0 amide bonds. The molecule has 0 bridgehead atoms. The number of pyridine rings is 1. The number of aryl methyl sites for hydroxylation is 2. The van der Waals surface area contributed by atoms with Crippen LogP contribution in [-0.4, -0.2) is 21.3 Å². The Labute approximate surface area is 121 Å². The van der Waals surface area contributed by atoms with Crippen LogP contribution < -0.4 is 5.32 Å². The molecular weight excluding hydrogens is 281 g/mol. The summed E-state index contributed by atoms with van der Waals surface area (Å²) in [5, 5.41) is 7.29. The fraction of sp³-hybridized carbons (Fsp3) is 0.429. The molecule has 0 radical (unpaired) electrons. The molecule has 2 rings (SSSR count). The average Bonchev–Trinajstić information content (AvgIpc) is 2.74. The van der Waals surface area contributed by atoms with Gasteiger partial charge in [0.2, 0.25) is 0 Å². The zero-order chi connectivity index (χ0) is 15.6. The van der Waals surface area contributed by atoms with E-state index in [1.165, 1.54) is 6.20 Å². The molecule has 4 nitrogen and oxygen atoms in total. The van der Waals surface area contributed by atoms with Crippen LogP contribution in [0.1, 0.15) is 35.5 Å². The van der Waals surface area contributed by atoms with Crippen molar-refractivity contribution in [1.29, 1.82) is 0 Å². The monoisotopic (exact) mass is 298 g/mol. The van der Waals surface area contributed by atoms with Crippen LogP contribution in [0.3, 0.4) is 0 Å². The van der Waals surface area contributed by atoms with E-state index in [2.05, 4.69) is 15.4 Å². The highest BCUT2D eigenvalue weighted by Crippen LogP contribution is 2.36. The number of halogens is 3. The predicted molar refractivity (Wildman–Crippen MR) is 72.7 cm³/mol. The molecule has 114 valence electrons. The van der Waals surface area contributed by atoms with E-state index in [0.29, 0.717) is 12.2 Å². The summed E-state index contributed by atoms with van der Waals surface area (Å²) in [5.41, 5.74) is 0.859. The van der Waals surface area contributed by atoms with Crippen molar-refractivity contribution in [3.05, 3.63) is 47.0 Å². The highest BCUT2D eigenvalue weighted by molar-refractivity contribution is 5.35. The number of rotatable bonds is 4. The average molecular weight is 298 g/mol. The maximum Gasteiger partial charge on any atom is 0.416 e. The number of alkyl halides is 3. The quantitative estimate of drug-likeness (QED) is 0.944. The van der Waals surface area contributed by atoms with E-state index in [9.17, 15) is 13.2 Å². The minimum absolute atomic E-state index is 0.106. The number of hydrogen-bond donors (Lipinski definition) is 1. The minimum atomic E-state index is -4.42. The van der Waals surface area contributed by atoms with Gasteiger partial charge in [0.15, 0.2) is 0 Å². The summed E-state index contributed by atoms with van der Waals surface area (Å²) in [7, 11) is 1.72. The van der Waals surface area contributed by atoms with Crippen LogP contribution in [0.15, 0.2) is 24.5 Å². The largest absolute Gasteiger partial charge is 0.416 e. The zero-order valence-corrected chi connectivity index (χ0v) is 12.1. The highest BCUT2D eigenvalue weighted by atomic mass is 19.4. The summed E-state index contributed by atoms with van der Waals surface area (Å²) in [4.78, 5) is 3.85. The Hall–Kier alpha value is -1.89. The third kappa shape index (κ3) is 3.24. The van der Waals surface area contributed by atoms with E-state index < -0.39 is 17.8 Å². The predicted octanol–water partition coefficient (Wildman–Crippen LogP) is 2.84. The van der Waals surface area contributed by atoms with Gasteiger partial charge in [0, 0.05) is 25.0 Å². The molecule has 2 aromatic rings. The molecule has 2 heterocycles. The lowest BCUT2D eigenvalue weighted by molar-refractivity contribution is -0.138. The summed E-state index contributed by atoms with van der Waals surface area (Å²) in [6, 6.07) is 2.18. The SMILES string of the molecule is CCNC(c1cnccc1C(F)(F)F)c1cc(C)nn1C. The van der Waals surface area contributed by atoms with Crippen LogP contribution in [0.2, 0.25) is 0 Å². The number of hydrogen-bond acceptors (Lipinski definition) is 3. The summed E-state index contributed by atoms with van der Waals surface area (Å²) in [6.07, 6.45) is -2.00. The van der Waals surface area contributed by atoms with Crippen molar-refractivity contribution in [3.8, 4) is 0 Å². The van der Waals surface area contributed by atoms with Gasteiger partial charge in [-0.1, -0.05) is 6.92 Å². The first kappa shape index (κ1) is 15.5. The van der Waals surface area contributed by atoms with Gasteiger partial charge in [0.1, 0.15) is 0 Å². The van der Waals surface area contributed by atoms with Crippen molar-refractivity contribution < 1.29 is 13.2 Å². The van der Waals surface area contributed by atoms with Crippen LogP contribution in [0.4, 0.5) is 13.2 Å². The van der Waals surface area contributed by atoms with E-state index in [1.54, 1.807) is 24.7 Å². The fourth-order valence-corrected chi connectivity index (χ4v) is 2.37. The maximum absolute atomic E-state index is 13.2. The standard InChI is InChI=1S/C14H17F3N4/c1-4-19-13(12-7-9(2)20-21(12)3)10-8-18-6-5-11(10)14(15,16)17/h5-8,13,19H,4H2,1-3H3. The van der Waals surface area contributed by atoms with Gasteiger partial charge in [-0.15, -0.1) is 0 Å². The number of aromatic nitrogens is 3. The molecule has 0 fully saturated rings. The van der Waals surface area contributed by atoms with Gasteiger partial charge in [-0.3, -0.25) is 9.67 Å². The third-order valence-corrected chi connectivity index (χ3v) is 3.21. The van der Waals surface area contributed by atoms with Gasteiger partial charge in [-0.25, -0.2) is 0 Å². The smallest absolute Gasteiger partial charge is 0.305 e. The zero-order valence-electron chi connectivity index (χ0n) is 12.1. The molecule has 7 heteroatoms. The first-order chi connectivity index (χ1) is 9.84. The van der Waals surface area contributed by atoms with Crippen molar-refractivity contribution in [1.82, 2.24) is 20.1 Å². The van der Waals surface area contributed by atoms with E-state index in [-0.39, 0.29) is 5.56 Å². The molecule has 2 aromatic heterocycles. The summed E-state index contributed by atoms with van der Waals surface area (Å²) < 4.78 is 41.2. The Balaban J connectivity index is 2.56. The Kier molecular flexibility index (Phi) is 4.32. The fourth-order valence-electron chi connectivity index (χ4n) is 2.37. The molecule has 1 N–H and O–H groups in total. The van der Waals surface area contributed by atoms with E-state index >= 15 is 0 Å². The lowest BCUT2D eigenvalue weighted by Gasteiger charge is -2.22. The van der Waals surface area contributed by atoms with E-state index in [0.717, 1.165) is 18.0 Å². The van der Waals surface area contributed by atoms with Crippen LogP contribution >= 0.6 is 0 Å². The lowest BCUT2D eigenvalue weighted by Crippen LogP contribution is -2.27. The topological polar surface area (TPSA) is 42.7 Å². The molecule has 0 aromatic carbocycles. The molecule has 1 unspecified atom stereocenters. The molecule has 0 aliphatic heterocycles. The highest BCUT2D eigenvalue weighted by Gasteiger charge is 2.36. The second kappa shape index (κ2) is 5.85. The van der Waals surface area contributed by atoms with E-state index in [4.69, 9.17) is 0 Å². The van der Waals surface area contributed by atoms with E-state index in [1.807, 2.05) is 6.92 Å². The Morgan fingerprint density at radius 2 is 2.10 bits per heavy atom. The van der Waals surface area contributed by atoms with Gasteiger partial charge < -0.3 is 5.32 Å². The molecule has 0 saturated carbocycles. The molecule has 0 aliphatic rings. The second-order valence-electron chi connectivity index (χ2n) is 4.79. The van der Waals surface area contributed by atoms with Crippen LogP contribution in [-0.2, 0) is 13.2 Å². The molecule has 1 atom stereocenters. The maximum atomic E-state index is 13.2. The summed E-state index contributed by atoms with van der Waals surface area (Å²) >= 11 is 0. The first-order valence-corrected chi connectivity index (χ1v) is 6.59. The second-order valence-corrected chi connectivity index (χ2v) is 4.79. The summed E-state index contributed by atoms with van der Waals surface area (Å²) in [6.45, 7) is 4.18. The summed E-state index contributed by atoms with van der Waals surface area (Å²) in [5.74, 6) is 0. The van der Waals surface area contributed by atoms with Gasteiger partial charge in [-0.05, 0) is 25.6 Å². The van der Waals surface area contributed by atoms with Crippen molar-refractivity contribution in [2.45, 2.75) is 26.1 Å².